The Balaban J connectivity index is 1.62. The largest absolute Gasteiger partial charge is 0.480 e. The molecule has 1 saturated carbocycles. The number of ketones is 1. The maximum absolute atomic E-state index is 13.5. The summed E-state index contributed by atoms with van der Waals surface area (Å²) in [7, 11) is 0. The van der Waals surface area contributed by atoms with Gasteiger partial charge in [0.25, 0.3) is 11.5 Å². The molecule has 0 bridgehead atoms. The van der Waals surface area contributed by atoms with Crippen molar-refractivity contribution in [3.63, 3.8) is 0 Å². The number of carbonyl (C=O) groups excluding carboxylic acids is 2. The summed E-state index contributed by atoms with van der Waals surface area (Å²) < 4.78 is 12.8. The molecule has 1 amide bonds. The molecule has 4 rings (SSSR count). The van der Waals surface area contributed by atoms with Crippen molar-refractivity contribution in [1.29, 1.82) is 5.26 Å². The van der Waals surface area contributed by atoms with Crippen LogP contribution in [0.25, 0.3) is 0 Å². The summed E-state index contributed by atoms with van der Waals surface area (Å²) in [5, 5.41) is 9.53. The van der Waals surface area contributed by atoms with Crippen LogP contribution >= 0.6 is 0 Å². The number of nitrogens with zero attached hydrogens (tertiary/aromatic N) is 3. The van der Waals surface area contributed by atoms with E-state index < -0.39 is 6.10 Å². The van der Waals surface area contributed by atoms with Crippen molar-refractivity contribution in [2.75, 3.05) is 26.3 Å². The molecule has 0 spiro atoms. The molecule has 1 aromatic heterocycles. The van der Waals surface area contributed by atoms with Crippen molar-refractivity contribution in [3.8, 4) is 11.8 Å². The Hall–Kier alpha value is -3.44. The number of para-hydroxylation sites is 1. The number of amides is 1. The zero-order valence-corrected chi connectivity index (χ0v) is 19.4. The molecule has 1 aliphatic heterocycles. The number of rotatable bonds is 6. The number of benzene rings is 1. The molecule has 2 aromatic rings. The number of morpholine rings is 1. The Morgan fingerprint density at radius 1 is 1.15 bits per heavy atom. The molecule has 1 aromatic carbocycles. The van der Waals surface area contributed by atoms with Gasteiger partial charge in [0.15, 0.2) is 11.9 Å². The summed E-state index contributed by atoms with van der Waals surface area (Å²) in [6.45, 7) is 3.66. The van der Waals surface area contributed by atoms with Crippen LogP contribution in [0.3, 0.4) is 0 Å². The van der Waals surface area contributed by atoms with E-state index in [1.165, 1.54) is 6.07 Å². The van der Waals surface area contributed by atoms with Crippen LogP contribution in [0.2, 0.25) is 0 Å². The van der Waals surface area contributed by atoms with E-state index in [2.05, 4.69) is 0 Å². The molecule has 2 aliphatic rings. The first kappa shape index (κ1) is 23.7. The van der Waals surface area contributed by atoms with Crippen LogP contribution in [-0.2, 0) is 9.53 Å². The summed E-state index contributed by atoms with van der Waals surface area (Å²) in [5.41, 5.74) is 0.123. The highest BCUT2D eigenvalue weighted by molar-refractivity contribution is 6.10. The number of nitriles is 1. The van der Waals surface area contributed by atoms with Crippen LogP contribution < -0.4 is 10.3 Å². The first-order chi connectivity index (χ1) is 16.5. The van der Waals surface area contributed by atoms with E-state index in [1.54, 1.807) is 46.9 Å². The average molecular weight is 464 g/mol. The fraction of sp³-hybridized carbons (Fsp3) is 0.462. The minimum Gasteiger partial charge on any atom is -0.480 e. The van der Waals surface area contributed by atoms with E-state index in [4.69, 9.17) is 9.47 Å². The lowest BCUT2D eigenvalue weighted by Crippen LogP contribution is -2.46. The monoisotopic (exact) mass is 463 g/mol. The van der Waals surface area contributed by atoms with Crippen molar-refractivity contribution in [1.82, 2.24) is 9.47 Å². The van der Waals surface area contributed by atoms with Crippen LogP contribution in [0.15, 0.2) is 41.3 Å². The molecule has 0 unspecified atom stereocenters. The summed E-state index contributed by atoms with van der Waals surface area (Å²) in [4.78, 5) is 40.8. The predicted molar refractivity (Wildman–Crippen MR) is 125 cm³/mol. The second-order valence-corrected chi connectivity index (χ2v) is 8.78. The third kappa shape index (κ3) is 5.05. The molecule has 8 heteroatoms. The standard InChI is InChI=1S/C26H29N3O5/c1-18(25(31)28-11-13-33-14-12-28)34-23-10-6-5-9-22(23)24(30)20-15-19(16-27)26(32)29(17-20)21-7-3-2-4-8-21/h5-6,9-10,15,17-18,21H,2-4,7-8,11-14H2,1H3/t18-/m1/s1. The minimum atomic E-state index is -0.780. The average Bonchev–Trinajstić information content (AvgIpc) is 2.89. The molecular formula is C26H29N3O5. The van der Waals surface area contributed by atoms with Gasteiger partial charge in [-0.15, -0.1) is 0 Å². The Labute approximate surface area is 198 Å². The van der Waals surface area contributed by atoms with Gasteiger partial charge in [-0.25, -0.2) is 0 Å². The number of carbonyl (C=O) groups is 2. The highest BCUT2D eigenvalue weighted by atomic mass is 16.5. The SMILES string of the molecule is C[C@@H](Oc1ccccc1C(=O)c1cc(C#N)c(=O)n(C2CCCCC2)c1)C(=O)N1CCOCC1. The van der Waals surface area contributed by atoms with E-state index in [0.717, 1.165) is 32.1 Å². The van der Waals surface area contributed by atoms with Gasteiger partial charge >= 0.3 is 0 Å². The number of pyridine rings is 1. The Bertz CT molecular complexity index is 1150. The molecule has 0 radical (unpaired) electrons. The molecule has 2 fully saturated rings. The van der Waals surface area contributed by atoms with Crippen molar-refractivity contribution >= 4 is 11.7 Å². The van der Waals surface area contributed by atoms with Gasteiger partial charge in [-0.05, 0) is 38.0 Å². The zero-order chi connectivity index (χ0) is 24.1. The second kappa shape index (κ2) is 10.7. The lowest BCUT2D eigenvalue weighted by Gasteiger charge is -2.29. The van der Waals surface area contributed by atoms with Crippen molar-refractivity contribution in [3.05, 3.63) is 63.6 Å². The molecule has 1 aliphatic carbocycles. The van der Waals surface area contributed by atoms with Gasteiger partial charge in [0.05, 0.1) is 18.8 Å². The van der Waals surface area contributed by atoms with Crippen molar-refractivity contribution < 1.29 is 19.1 Å². The highest BCUT2D eigenvalue weighted by Gasteiger charge is 2.26. The summed E-state index contributed by atoms with van der Waals surface area (Å²) in [6, 6.07) is 10.0. The Morgan fingerprint density at radius 2 is 1.85 bits per heavy atom. The Morgan fingerprint density at radius 3 is 2.56 bits per heavy atom. The quantitative estimate of drug-likeness (QED) is 0.610. The van der Waals surface area contributed by atoms with Crippen LogP contribution in [0.4, 0.5) is 0 Å². The first-order valence-corrected chi connectivity index (χ1v) is 11.8. The molecule has 178 valence electrons. The van der Waals surface area contributed by atoms with Crippen LogP contribution in [-0.4, -0.2) is 53.6 Å². The van der Waals surface area contributed by atoms with Gasteiger partial charge in [-0.2, -0.15) is 5.26 Å². The first-order valence-electron chi connectivity index (χ1n) is 11.8. The molecular weight excluding hydrogens is 434 g/mol. The smallest absolute Gasteiger partial charge is 0.268 e. The third-order valence-electron chi connectivity index (χ3n) is 6.50. The van der Waals surface area contributed by atoms with E-state index in [1.807, 2.05) is 6.07 Å². The molecule has 2 heterocycles. The van der Waals surface area contributed by atoms with Gasteiger partial charge in [0.2, 0.25) is 0 Å². The van der Waals surface area contributed by atoms with Gasteiger partial charge in [-0.1, -0.05) is 31.4 Å². The number of aromatic nitrogens is 1. The summed E-state index contributed by atoms with van der Waals surface area (Å²) >= 11 is 0. The molecule has 0 N–H and O–H groups in total. The van der Waals surface area contributed by atoms with Gasteiger partial charge < -0.3 is 18.9 Å². The lowest BCUT2D eigenvalue weighted by molar-refractivity contribution is -0.142. The normalized spacial score (nSPS) is 17.6. The highest BCUT2D eigenvalue weighted by Crippen LogP contribution is 2.28. The molecule has 1 atom stereocenters. The molecule has 8 nitrogen and oxygen atoms in total. The van der Waals surface area contributed by atoms with Crippen LogP contribution in [0.1, 0.15) is 66.6 Å². The van der Waals surface area contributed by atoms with Gasteiger partial charge in [-0.3, -0.25) is 14.4 Å². The second-order valence-electron chi connectivity index (χ2n) is 8.78. The number of hydrogen-bond acceptors (Lipinski definition) is 6. The summed E-state index contributed by atoms with van der Waals surface area (Å²) in [6.07, 6.45) is 5.65. The van der Waals surface area contributed by atoms with E-state index in [0.29, 0.717) is 26.3 Å². The van der Waals surface area contributed by atoms with E-state index in [-0.39, 0.29) is 45.7 Å². The third-order valence-corrected chi connectivity index (χ3v) is 6.50. The predicted octanol–water partition coefficient (Wildman–Crippen LogP) is 3.08. The van der Waals surface area contributed by atoms with E-state index >= 15 is 0 Å². The topological polar surface area (TPSA) is 102 Å². The number of hydrogen-bond donors (Lipinski definition) is 0. The van der Waals surface area contributed by atoms with Crippen LogP contribution in [0.5, 0.6) is 5.75 Å². The minimum absolute atomic E-state index is 0.0150. The fourth-order valence-corrected chi connectivity index (χ4v) is 4.63. The molecule has 1 saturated heterocycles. The lowest BCUT2D eigenvalue weighted by atomic mass is 9.94. The maximum atomic E-state index is 13.5. The Kier molecular flexibility index (Phi) is 7.43. The van der Waals surface area contributed by atoms with E-state index in [9.17, 15) is 19.6 Å². The van der Waals surface area contributed by atoms with Gasteiger partial charge in [0.1, 0.15) is 17.4 Å². The molecule has 34 heavy (non-hydrogen) atoms. The summed E-state index contributed by atoms with van der Waals surface area (Å²) in [5.74, 6) is -0.235. The van der Waals surface area contributed by atoms with Gasteiger partial charge in [0, 0.05) is 30.9 Å². The van der Waals surface area contributed by atoms with Crippen LogP contribution in [0, 0.1) is 11.3 Å². The fourth-order valence-electron chi connectivity index (χ4n) is 4.63. The number of ether oxygens (including phenoxy) is 2. The zero-order valence-electron chi connectivity index (χ0n) is 19.4. The van der Waals surface area contributed by atoms with Crippen molar-refractivity contribution in [2.45, 2.75) is 51.2 Å². The van der Waals surface area contributed by atoms with Crippen molar-refractivity contribution in [2.24, 2.45) is 0 Å². The maximum Gasteiger partial charge on any atom is 0.268 e.